The minimum atomic E-state index is 0.251. The zero-order chi connectivity index (χ0) is 13.0. The van der Waals surface area contributed by atoms with Gasteiger partial charge in [0.25, 0.3) is 5.89 Å². The van der Waals surface area contributed by atoms with Crippen molar-refractivity contribution in [3.63, 3.8) is 0 Å². The van der Waals surface area contributed by atoms with Crippen LogP contribution in [0.5, 0.6) is 5.75 Å². The van der Waals surface area contributed by atoms with E-state index < -0.39 is 0 Å². The smallest absolute Gasteiger partial charge is 0.264 e. The molecule has 1 aromatic heterocycles. The molecule has 6 heteroatoms. The van der Waals surface area contributed by atoms with E-state index in [1.165, 1.54) is 0 Å². The molecule has 0 amide bonds. The summed E-state index contributed by atoms with van der Waals surface area (Å²) in [4.78, 5) is 4.09. The van der Waals surface area contributed by atoms with E-state index in [9.17, 15) is 0 Å². The van der Waals surface area contributed by atoms with Crippen molar-refractivity contribution in [2.45, 2.75) is 20.0 Å². The van der Waals surface area contributed by atoms with Crippen molar-refractivity contribution in [3.8, 4) is 5.75 Å². The molecule has 0 saturated heterocycles. The summed E-state index contributed by atoms with van der Waals surface area (Å²) in [6.45, 7) is 2.60. The lowest BCUT2D eigenvalue weighted by Gasteiger charge is -2.11. The molecule has 0 aliphatic heterocycles. The summed E-state index contributed by atoms with van der Waals surface area (Å²) in [6.07, 6.45) is 0.762. The molecule has 0 bridgehead atoms. The average Bonchev–Trinajstić information content (AvgIpc) is 2.75. The van der Waals surface area contributed by atoms with E-state index in [-0.39, 0.29) is 6.61 Å². The molecule has 1 heterocycles. The number of hydrogen-bond donors (Lipinski definition) is 1. The number of nitrogens with zero attached hydrogens (tertiary/aromatic N) is 2. The Morgan fingerprint density at radius 1 is 1.44 bits per heavy atom. The van der Waals surface area contributed by atoms with Crippen molar-refractivity contribution >= 4 is 15.9 Å². The predicted molar refractivity (Wildman–Crippen MR) is 70.3 cm³/mol. The molecule has 0 radical (unpaired) electrons. The first-order valence-electron chi connectivity index (χ1n) is 5.60. The summed E-state index contributed by atoms with van der Waals surface area (Å²) in [5, 5.41) is 3.71. The molecule has 0 aliphatic rings. The third kappa shape index (κ3) is 3.08. The van der Waals surface area contributed by atoms with Crippen LogP contribution >= 0.6 is 15.9 Å². The quantitative estimate of drug-likeness (QED) is 0.916. The third-order valence-corrected chi connectivity index (χ3v) is 3.00. The van der Waals surface area contributed by atoms with Crippen LogP contribution in [0.4, 0.5) is 0 Å². The topological polar surface area (TPSA) is 74.2 Å². The van der Waals surface area contributed by atoms with E-state index in [0.717, 1.165) is 22.2 Å². The number of benzene rings is 1. The van der Waals surface area contributed by atoms with Crippen molar-refractivity contribution < 1.29 is 9.26 Å². The minimum absolute atomic E-state index is 0.251. The molecule has 96 valence electrons. The highest BCUT2D eigenvalue weighted by atomic mass is 79.9. The van der Waals surface area contributed by atoms with Crippen molar-refractivity contribution in [1.29, 1.82) is 0 Å². The summed E-state index contributed by atoms with van der Waals surface area (Å²) in [7, 11) is 0. The van der Waals surface area contributed by atoms with Crippen LogP contribution in [0.15, 0.2) is 27.2 Å². The molecule has 2 rings (SSSR count). The lowest BCUT2D eigenvalue weighted by Crippen LogP contribution is -2.06. The molecule has 2 aromatic rings. The van der Waals surface area contributed by atoms with E-state index in [0.29, 0.717) is 18.3 Å². The number of halogens is 1. The van der Waals surface area contributed by atoms with Crippen LogP contribution in [0, 0.1) is 6.92 Å². The lowest BCUT2D eigenvalue weighted by molar-refractivity contribution is 0.239. The first-order valence-corrected chi connectivity index (χ1v) is 6.39. The zero-order valence-corrected chi connectivity index (χ0v) is 11.6. The number of aryl methyl sites for hydroxylation is 1. The van der Waals surface area contributed by atoms with Crippen LogP contribution in [0.25, 0.3) is 0 Å². The summed E-state index contributed by atoms with van der Waals surface area (Å²) in [6, 6.07) is 5.87. The molecule has 5 nitrogen and oxygen atoms in total. The Morgan fingerprint density at radius 2 is 2.28 bits per heavy atom. The van der Waals surface area contributed by atoms with Gasteiger partial charge in [0.1, 0.15) is 5.75 Å². The Bertz CT molecular complexity index is 528. The van der Waals surface area contributed by atoms with E-state index in [4.69, 9.17) is 15.0 Å². The highest BCUT2D eigenvalue weighted by Crippen LogP contribution is 2.29. The van der Waals surface area contributed by atoms with Crippen molar-refractivity contribution in [2.24, 2.45) is 5.73 Å². The number of nitrogens with two attached hydrogens (primary N) is 1. The van der Waals surface area contributed by atoms with Gasteiger partial charge in [-0.15, -0.1) is 0 Å². The van der Waals surface area contributed by atoms with Crippen LogP contribution < -0.4 is 10.5 Å². The Hall–Kier alpha value is -1.40. The molecule has 0 fully saturated rings. The van der Waals surface area contributed by atoms with Crippen molar-refractivity contribution in [2.75, 3.05) is 6.54 Å². The summed E-state index contributed by atoms with van der Waals surface area (Å²) in [5.41, 5.74) is 6.64. The first kappa shape index (κ1) is 13.0. The van der Waals surface area contributed by atoms with Crippen LogP contribution in [0.1, 0.15) is 17.3 Å². The highest BCUT2D eigenvalue weighted by molar-refractivity contribution is 9.10. The molecule has 0 saturated carbocycles. The number of ether oxygens (including phenoxy) is 1. The van der Waals surface area contributed by atoms with Gasteiger partial charge in [-0.25, -0.2) is 0 Å². The second kappa shape index (κ2) is 5.97. The van der Waals surface area contributed by atoms with Gasteiger partial charge < -0.3 is 15.0 Å². The molecule has 1 aromatic carbocycles. The minimum Gasteiger partial charge on any atom is -0.482 e. The Kier molecular flexibility index (Phi) is 4.33. The second-order valence-corrected chi connectivity index (χ2v) is 4.65. The van der Waals surface area contributed by atoms with Crippen LogP contribution in [-0.4, -0.2) is 16.7 Å². The van der Waals surface area contributed by atoms with E-state index >= 15 is 0 Å². The molecule has 0 atom stereocenters. The van der Waals surface area contributed by atoms with Gasteiger partial charge in [-0.3, -0.25) is 0 Å². The monoisotopic (exact) mass is 311 g/mol. The molecule has 0 spiro atoms. The fraction of sp³-hybridized carbons (Fsp3) is 0.333. The van der Waals surface area contributed by atoms with Gasteiger partial charge in [-0.2, -0.15) is 4.98 Å². The van der Waals surface area contributed by atoms with Crippen molar-refractivity contribution in [3.05, 3.63) is 40.0 Å². The van der Waals surface area contributed by atoms with Gasteiger partial charge in [0.15, 0.2) is 12.4 Å². The SMILES string of the molecule is Cc1noc(COc2c(Br)cccc2CCN)n1. The molecular formula is C12H14BrN3O2. The number of rotatable bonds is 5. The van der Waals surface area contributed by atoms with Crippen molar-refractivity contribution in [1.82, 2.24) is 10.1 Å². The van der Waals surface area contributed by atoms with Gasteiger partial charge in [0.05, 0.1) is 4.47 Å². The Labute approximate surface area is 113 Å². The van der Waals surface area contributed by atoms with Gasteiger partial charge >= 0.3 is 0 Å². The largest absolute Gasteiger partial charge is 0.482 e. The van der Waals surface area contributed by atoms with Crippen LogP contribution in [-0.2, 0) is 13.0 Å². The molecule has 0 unspecified atom stereocenters. The van der Waals surface area contributed by atoms with E-state index in [1.54, 1.807) is 6.92 Å². The molecule has 18 heavy (non-hydrogen) atoms. The molecular weight excluding hydrogens is 298 g/mol. The average molecular weight is 312 g/mol. The van der Waals surface area contributed by atoms with Crippen LogP contribution in [0.3, 0.4) is 0 Å². The number of para-hydroxylation sites is 1. The third-order valence-electron chi connectivity index (χ3n) is 2.37. The number of hydrogen-bond acceptors (Lipinski definition) is 5. The first-order chi connectivity index (χ1) is 8.70. The number of aromatic nitrogens is 2. The maximum absolute atomic E-state index is 5.72. The summed E-state index contributed by atoms with van der Waals surface area (Å²) in [5.74, 6) is 1.84. The summed E-state index contributed by atoms with van der Waals surface area (Å²) >= 11 is 3.46. The Morgan fingerprint density at radius 3 is 2.94 bits per heavy atom. The summed E-state index contributed by atoms with van der Waals surface area (Å²) < 4.78 is 11.6. The van der Waals surface area contributed by atoms with Gasteiger partial charge in [-0.05, 0) is 47.4 Å². The van der Waals surface area contributed by atoms with Gasteiger partial charge in [-0.1, -0.05) is 17.3 Å². The fourth-order valence-electron chi connectivity index (χ4n) is 1.60. The molecule has 0 aliphatic carbocycles. The maximum Gasteiger partial charge on any atom is 0.264 e. The van der Waals surface area contributed by atoms with E-state index in [1.807, 2.05) is 18.2 Å². The van der Waals surface area contributed by atoms with E-state index in [2.05, 4.69) is 26.1 Å². The Balaban J connectivity index is 2.12. The highest BCUT2D eigenvalue weighted by Gasteiger charge is 2.10. The van der Waals surface area contributed by atoms with Crippen LogP contribution in [0.2, 0.25) is 0 Å². The second-order valence-electron chi connectivity index (χ2n) is 3.79. The van der Waals surface area contributed by atoms with Gasteiger partial charge in [0.2, 0.25) is 0 Å². The molecule has 2 N–H and O–H groups in total. The fourth-order valence-corrected chi connectivity index (χ4v) is 2.12. The zero-order valence-electron chi connectivity index (χ0n) is 10.0. The normalized spacial score (nSPS) is 10.6. The maximum atomic E-state index is 5.72. The predicted octanol–water partition coefficient (Wildman–Crippen LogP) is 2.22. The lowest BCUT2D eigenvalue weighted by atomic mass is 10.1. The standard InChI is InChI=1S/C12H14BrN3O2/c1-8-15-11(18-16-8)7-17-12-9(5-6-14)3-2-4-10(12)13/h2-4H,5-7,14H2,1H3. The van der Waals surface area contributed by atoms with Gasteiger partial charge in [0, 0.05) is 0 Å².